The van der Waals surface area contributed by atoms with Gasteiger partial charge in [-0.3, -0.25) is 14.6 Å². The topological polar surface area (TPSA) is 140 Å². The number of aromatic hydroxyl groups is 1. The molecule has 4 saturated heterocycles. The Hall–Kier alpha value is -5.56. The van der Waals surface area contributed by atoms with Crippen LogP contribution in [-0.4, -0.2) is 111 Å². The number of phenols is 1. The molecule has 0 radical (unpaired) electrons. The summed E-state index contributed by atoms with van der Waals surface area (Å²) in [5, 5.41) is 11.4. The molecule has 2 unspecified atom stereocenters. The number of piperazine rings is 1. The van der Waals surface area contributed by atoms with Gasteiger partial charge in [0.1, 0.15) is 53.4 Å². The molecule has 16 heteroatoms. The fourth-order valence-corrected chi connectivity index (χ4v) is 9.49. The first kappa shape index (κ1) is 36.1. The molecule has 2 aromatic carbocycles. The van der Waals surface area contributed by atoms with Crippen LogP contribution in [0, 0.1) is 24.0 Å². The maximum Gasteiger partial charge on any atom is 0.413 e. The number of hydrogen-bond acceptors (Lipinski definition) is 12. The highest BCUT2D eigenvalue weighted by Crippen LogP contribution is 2.47. The molecule has 56 heavy (non-hydrogen) atoms. The van der Waals surface area contributed by atoms with Crippen molar-refractivity contribution in [2.75, 3.05) is 37.7 Å². The molecule has 6 atom stereocenters. The molecule has 2 bridgehead atoms. The van der Waals surface area contributed by atoms with E-state index in [0.29, 0.717) is 31.2 Å². The lowest BCUT2D eigenvalue weighted by atomic mass is 9.95. The number of ether oxygens (including phenoxy) is 4. The number of carbonyl (C=O) groups is 2. The molecule has 4 aromatic rings. The molecular weight excluding hydrogens is 733 g/mol. The average Bonchev–Trinajstić information content (AvgIpc) is 3.78. The second-order valence-electron chi connectivity index (χ2n) is 15.2. The molecule has 4 fully saturated rings. The number of pyridine rings is 1. The van der Waals surface area contributed by atoms with Gasteiger partial charge in [-0.1, -0.05) is 18.9 Å². The van der Waals surface area contributed by atoms with Crippen molar-refractivity contribution >= 4 is 39.6 Å². The van der Waals surface area contributed by atoms with E-state index in [4.69, 9.17) is 30.4 Å². The number of nitrogens with zero attached hydrogens (tertiary/aromatic N) is 6. The van der Waals surface area contributed by atoms with Crippen molar-refractivity contribution in [2.24, 2.45) is 0 Å². The zero-order valence-corrected chi connectivity index (χ0v) is 30.8. The number of benzene rings is 2. The molecule has 1 N–H and O–H groups in total. The van der Waals surface area contributed by atoms with Gasteiger partial charge in [-0.15, -0.1) is 6.42 Å². The zero-order valence-electron chi connectivity index (χ0n) is 30.8. The van der Waals surface area contributed by atoms with E-state index in [-0.39, 0.29) is 88.8 Å². The summed E-state index contributed by atoms with van der Waals surface area (Å²) in [4.78, 5) is 45.2. The normalized spacial score (nSPS) is 25.6. The van der Waals surface area contributed by atoms with E-state index in [1.807, 2.05) is 4.90 Å². The quantitative estimate of drug-likeness (QED) is 0.142. The maximum absolute atomic E-state index is 17.3. The molecule has 2 aromatic heterocycles. The van der Waals surface area contributed by atoms with Gasteiger partial charge in [0, 0.05) is 43.8 Å². The summed E-state index contributed by atoms with van der Waals surface area (Å²) in [7, 11) is 0. The molecule has 1 amide bonds. The van der Waals surface area contributed by atoms with Crippen LogP contribution in [0.15, 0.2) is 24.3 Å². The number of aromatic nitrogens is 3. The van der Waals surface area contributed by atoms with Crippen molar-refractivity contribution in [3.8, 4) is 41.2 Å². The van der Waals surface area contributed by atoms with Crippen LogP contribution in [0.5, 0.6) is 17.6 Å². The highest BCUT2D eigenvalue weighted by Gasteiger charge is 2.52. The van der Waals surface area contributed by atoms with Crippen LogP contribution in [0.4, 0.5) is 23.8 Å². The second kappa shape index (κ2) is 13.6. The summed E-state index contributed by atoms with van der Waals surface area (Å²) in [6.07, 6.45) is 6.27. The third-order valence-corrected chi connectivity index (χ3v) is 11.9. The molecule has 0 aliphatic carbocycles. The van der Waals surface area contributed by atoms with Crippen molar-refractivity contribution in [1.29, 1.82) is 0 Å². The summed E-state index contributed by atoms with van der Waals surface area (Å²) in [6.45, 7) is 4.51. The van der Waals surface area contributed by atoms with E-state index in [9.17, 15) is 19.1 Å². The number of carbonyl (C=O) groups excluding carboxylic acids is 2. The molecule has 5 aliphatic heterocycles. The summed E-state index contributed by atoms with van der Waals surface area (Å²) >= 11 is 0. The van der Waals surface area contributed by atoms with E-state index >= 15 is 8.78 Å². The lowest BCUT2D eigenvalue weighted by Gasteiger charge is -2.46. The minimum Gasteiger partial charge on any atom is -0.508 e. The van der Waals surface area contributed by atoms with Crippen LogP contribution in [0.2, 0.25) is 0 Å². The van der Waals surface area contributed by atoms with Gasteiger partial charge in [-0.25, -0.2) is 22.9 Å². The van der Waals surface area contributed by atoms with E-state index in [1.54, 1.807) is 11.8 Å². The van der Waals surface area contributed by atoms with Gasteiger partial charge in [-0.05, 0) is 55.8 Å². The van der Waals surface area contributed by atoms with E-state index in [0.717, 1.165) is 19.4 Å². The molecule has 13 nitrogen and oxygen atoms in total. The first-order valence-corrected chi connectivity index (χ1v) is 18.9. The Bertz CT molecular complexity index is 2340. The standard InChI is InChI=1S/C40H39F3N6O7/c1-4-25-27(42)9-7-21-13-24(50)14-26(31(21)25)34-33(43)35-32-36(46-38(45-35)54-19-40-11-6-12-47(40)16-22(41)15-40)48-17-23-8-10-28(29(48)18-53-37(32)44-34)49(23)39(52)56-20(3)55-30(51)5-2/h1,7,9,13-14,20,22-23,28-29,50H,5-6,8,10-12,15-19H2,2-3H3/t20?,22-,23+,28-,29?,40+/m1/s1. The number of halogens is 3. The fraction of sp³-hybridized carbons (Fsp3) is 0.475. The summed E-state index contributed by atoms with van der Waals surface area (Å²) in [6, 6.07) is 3.82. The third-order valence-electron chi connectivity index (χ3n) is 11.9. The smallest absolute Gasteiger partial charge is 0.413 e. The Morgan fingerprint density at radius 2 is 1.96 bits per heavy atom. The van der Waals surface area contributed by atoms with Crippen molar-refractivity contribution in [2.45, 2.75) is 88.5 Å². The molecule has 292 valence electrons. The summed E-state index contributed by atoms with van der Waals surface area (Å²) in [5.41, 5.74) is -1.17. The number of rotatable bonds is 7. The van der Waals surface area contributed by atoms with E-state index in [1.165, 1.54) is 31.2 Å². The Morgan fingerprint density at radius 3 is 2.77 bits per heavy atom. The van der Waals surface area contributed by atoms with Crippen molar-refractivity contribution in [3.63, 3.8) is 0 Å². The average molecular weight is 773 g/mol. The third kappa shape index (κ3) is 5.77. The highest BCUT2D eigenvalue weighted by molar-refractivity contribution is 6.04. The van der Waals surface area contributed by atoms with Crippen molar-refractivity contribution < 1.29 is 46.8 Å². The van der Waals surface area contributed by atoms with Gasteiger partial charge in [0.25, 0.3) is 0 Å². The number of hydrogen-bond donors (Lipinski definition) is 1. The number of alkyl halides is 1. The van der Waals surface area contributed by atoms with Gasteiger partial charge < -0.3 is 29.0 Å². The minimum atomic E-state index is -1.10. The first-order valence-electron chi connectivity index (χ1n) is 18.9. The first-order chi connectivity index (χ1) is 27.0. The lowest BCUT2D eigenvalue weighted by molar-refractivity contribution is -0.166. The second-order valence-corrected chi connectivity index (χ2v) is 15.2. The SMILES string of the molecule is C#Cc1c(F)ccc2cc(O)cc(-c3nc4c5c(nc(OC[C@@]67CCCN6C[C@H](F)C7)nc5c3F)N3C[C@@H]5CC[C@H](C3CO4)N5C(=O)OC(C)OC(=O)CC)c12. The lowest BCUT2D eigenvalue weighted by Crippen LogP contribution is -2.63. The van der Waals surface area contributed by atoms with Crippen molar-refractivity contribution in [1.82, 2.24) is 24.8 Å². The van der Waals surface area contributed by atoms with Crippen LogP contribution in [0.3, 0.4) is 0 Å². The Kier molecular flexibility index (Phi) is 8.75. The van der Waals surface area contributed by atoms with E-state index in [2.05, 4.69) is 20.8 Å². The Balaban J connectivity index is 1.16. The summed E-state index contributed by atoms with van der Waals surface area (Å²) in [5.74, 6) is 0.252. The van der Waals surface area contributed by atoms with E-state index < -0.39 is 53.8 Å². The molecule has 0 spiro atoms. The molecule has 9 rings (SSSR count). The van der Waals surface area contributed by atoms with Crippen molar-refractivity contribution in [3.05, 3.63) is 41.5 Å². The molecule has 7 heterocycles. The molecular formula is C40H39F3N6O7. The van der Waals surface area contributed by atoms with Crippen LogP contribution in [-0.2, 0) is 14.3 Å². The molecule has 0 saturated carbocycles. The number of fused-ring (bicyclic) bond motifs is 7. The number of amides is 1. The van der Waals surface area contributed by atoms with Gasteiger partial charge >= 0.3 is 18.1 Å². The number of terminal acetylenes is 1. The predicted molar refractivity (Wildman–Crippen MR) is 196 cm³/mol. The predicted octanol–water partition coefficient (Wildman–Crippen LogP) is 5.62. The number of phenolic OH excluding ortho intramolecular Hbond substituents is 1. The van der Waals surface area contributed by atoms with Gasteiger partial charge in [0.2, 0.25) is 12.2 Å². The van der Waals surface area contributed by atoms with Crippen LogP contribution in [0.25, 0.3) is 32.9 Å². The summed E-state index contributed by atoms with van der Waals surface area (Å²) < 4.78 is 70.6. The van der Waals surface area contributed by atoms with Gasteiger partial charge in [-0.2, -0.15) is 9.97 Å². The maximum atomic E-state index is 17.3. The monoisotopic (exact) mass is 772 g/mol. The highest BCUT2D eigenvalue weighted by atomic mass is 19.1. The fourth-order valence-electron chi connectivity index (χ4n) is 9.49. The zero-order chi connectivity index (χ0) is 39.0. The minimum absolute atomic E-state index is 0.0117. The Morgan fingerprint density at radius 1 is 1.12 bits per heavy atom. The Labute approximate surface area is 319 Å². The van der Waals surface area contributed by atoms with Gasteiger partial charge in [0.05, 0.1) is 29.2 Å². The number of esters is 1. The van der Waals surface area contributed by atoms with Gasteiger partial charge in [0.15, 0.2) is 5.82 Å². The van der Waals surface area contributed by atoms with Crippen LogP contribution < -0.4 is 14.4 Å². The number of anilines is 1. The molecule has 5 aliphatic rings. The largest absolute Gasteiger partial charge is 0.508 e. The van der Waals surface area contributed by atoms with Crippen LogP contribution in [0.1, 0.15) is 57.9 Å². The van der Waals surface area contributed by atoms with Crippen LogP contribution >= 0.6 is 0 Å².